The van der Waals surface area contributed by atoms with Gasteiger partial charge in [-0.25, -0.2) is 0 Å². The van der Waals surface area contributed by atoms with Gasteiger partial charge in [-0.05, 0) is 42.8 Å². The largest absolute Gasteiger partial charge is 0.504 e. The van der Waals surface area contributed by atoms with Gasteiger partial charge < -0.3 is 10.2 Å². The van der Waals surface area contributed by atoms with E-state index in [1.165, 1.54) is 12.1 Å². The first-order valence-electron chi connectivity index (χ1n) is 7.28. The molecule has 0 aliphatic heterocycles. The molecule has 0 amide bonds. The third-order valence-corrected chi connectivity index (χ3v) is 3.92. The van der Waals surface area contributed by atoms with Gasteiger partial charge in [0.2, 0.25) is 0 Å². The van der Waals surface area contributed by atoms with E-state index in [2.05, 4.69) is 12.0 Å². The molecule has 3 rings (SSSR count). The third kappa shape index (κ3) is 2.62. The van der Waals surface area contributed by atoms with Crippen molar-refractivity contribution in [3.63, 3.8) is 0 Å². The van der Waals surface area contributed by atoms with E-state index in [9.17, 15) is 10.2 Å². The SMILES string of the molecule is CCCCn1nc(-c2ccc(O)c(O)c2)c2ccc(Cl)cc21. The van der Waals surface area contributed by atoms with Gasteiger partial charge in [-0.2, -0.15) is 5.10 Å². The zero-order valence-corrected chi connectivity index (χ0v) is 13.0. The number of aromatic hydroxyl groups is 2. The van der Waals surface area contributed by atoms with Crippen LogP contribution in [0.3, 0.4) is 0 Å². The fourth-order valence-corrected chi connectivity index (χ4v) is 2.68. The first kappa shape index (κ1) is 14.7. The Morgan fingerprint density at radius 1 is 1.09 bits per heavy atom. The molecule has 22 heavy (non-hydrogen) atoms. The van der Waals surface area contributed by atoms with Crippen molar-refractivity contribution in [1.82, 2.24) is 9.78 Å². The molecule has 0 atom stereocenters. The minimum atomic E-state index is -0.150. The summed E-state index contributed by atoms with van der Waals surface area (Å²) in [5.41, 5.74) is 2.51. The summed E-state index contributed by atoms with van der Waals surface area (Å²) in [7, 11) is 0. The van der Waals surface area contributed by atoms with Crippen LogP contribution in [0.1, 0.15) is 19.8 Å². The van der Waals surface area contributed by atoms with E-state index in [1.54, 1.807) is 6.07 Å². The van der Waals surface area contributed by atoms with E-state index in [-0.39, 0.29) is 11.5 Å². The second kappa shape index (κ2) is 5.89. The second-order valence-corrected chi connectivity index (χ2v) is 5.73. The monoisotopic (exact) mass is 316 g/mol. The van der Waals surface area contributed by atoms with Gasteiger partial charge >= 0.3 is 0 Å². The van der Waals surface area contributed by atoms with Gasteiger partial charge in [-0.3, -0.25) is 4.68 Å². The summed E-state index contributed by atoms with van der Waals surface area (Å²) in [4.78, 5) is 0. The first-order valence-corrected chi connectivity index (χ1v) is 7.66. The molecule has 0 aliphatic rings. The van der Waals surface area contributed by atoms with Crippen molar-refractivity contribution < 1.29 is 10.2 Å². The van der Waals surface area contributed by atoms with Crippen LogP contribution in [0.2, 0.25) is 5.02 Å². The number of unbranched alkanes of at least 4 members (excludes halogenated alkanes) is 1. The molecule has 0 fully saturated rings. The molecule has 4 nitrogen and oxygen atoms in total. The number of nitrogens with zero attached hydrogens (tertiary/aromatic N) is 2. The van der Waals surface area contributed by atoms with Crippen LogP contribution in [-0.4, -0.2) is 20.0 Å². The molecule has 0 unspecified atom stereocenters. The standard InChI is InChI=1S/C17H17ClN2O2/c1-2-3-8-20-14-10-12(18)5-6-13(14)17(19-20)11-4-7-15(21)16(22)9-11/h4-7,9-10,21-22H,2-3,8H2,1H3. The highest BCUT2D eigenvalue weighted by atomic mass is 35.5. The highest BCUT2D eigenvalue weighted by Crippen LogP contribution is 2.34. The smallest absolute Gasteiger partial charge is 0.158 e. The molecular weight excluding hydrogens is 300 g/mol. The molecule has 0 spiro atoms. The van der Waals surface area contributed by atoms with Gasteiger partial charge in [0.05, 0.1) is 5.52 Å². The highest BCUT2D eigenvalue weighted by Gasteiger charge is 2.14. The Labute approximate surface area is 133 Å². The molecule has 0 radical (unpaired) electrons. The number of phenolic OH excluding ortho intramolecular Hbond substituents is 2. The summed E-state index contributed by atoms with van der Waals surface area (Å²) in [6.45, 7) is 2.95. The molecule has 2 aromatic carbocycles. The van der Waals surface area contributed by atoms with Crippen LogP contribution in [0.5, 0.6) is 11.5 Å². The molecule has 114 valence electrons. The number of aryl methyl sites for hydroxylation is 1. The van der Waals surface area contributed by atoms with Gasteiger partial charge in [-0.1, -0.05) is 24.9 Å². The number of halogens is 1. The zero-order chi connectivity index (χ0) is 15.7. The van der Waals surface area contributed by atoms with Crippen molar-refractivity contribution in [2.45, 2.75) is 26.3 Å². The maximum absolute atomic E-state index is 9.72. The number of fused-ring (bicyclic) bond motifs is 1. The van der Waals surface area contributed by atoms with E-state index in [0.717, 1.165) is 41.5 Å². The quantitative estimate of drug-likeness (QED) is 0.693. The molecule has 1 aromatic heterocycles. The predicted octanol–water partition coefficient (Wildman–Crippen LogP) is 4.57. The Morgan fingerprint density at radius 3 is 2.64 bits per heavy atom. The van der Waals surface area contributed by atoms with Crippen LogP contribution in [-0.2, 0) is 6.54 Å². The van der Waals surface area contributed by atoms with Crippen molar-refractivity contribution in [3.05, 3.63) is 41.4 Å². The molecule has 1 heterocycles. The maximum atomic E-state index is 9.72. The van der Waals surface area contributed by atoms with Crippen molar-refractivity contribution in [3.8, 4) is 22.8 Å². The number of hydrogen-bond acceptors (Lipinski definition) is 3. The summed E-state index contributed by atoms with van der Waals surface area (Å²) in [6.07, 6.45) is 2.11. The van der Waals surface area contributed by atoms with Gasteiger partial charge in [0, 0.05) is 22.5 Å². The predicted molar refractivity (Wildman–Crippen MR) is 88.4 cm³/mol. The van der Waals surface area contributed by atoms with Crippen molar-refractivity contribution in [1.29, 1.82) is 0 Å². The Bertz CT molecular complexity index is 827. The molecule has 0 aliphatic carbocycles. The summed E-state index contributed by atoms with van der Waals surface area (Å²) in [5.74, 6) is -0.288. The van der Waals surface area contributed by atoms with Crippen LogP contribution >= 0.6 is 11.6 Å². The van der Waals surface area contributed by atoms with Crippen LogP contribution in [0.25, 0.3) is 22.2 Å². The van der Waals surface area contributed by atoms with Crippen LogP contribution in [0.4, 0.5) is 0 Å². The zero-order valence-electron chi connectivity index (χ0n) is 12.3. The Morgan fingerprint density at radius 2 is 1.91 bits per heavy atom. The van der Waals surface area contributed by atoms with Gasteiger partial charge in [0.15, 0.2) is 11.5 Å². The van der Waals surface area contributed by atoms with Crippen molar-refractivity contribution in [2.75, 3.05) is 0 Å². The summed E-state index contributed by atoms with van der Waals surface area (Å²) in [5, 5.41) is 25.5. The molecule has 5 heteroatoms. The Hall–Kier alpha value is -2.20. The minimum Gasteiger partial charge on any atom is -0.504 e. The Balaban J connectivity index is 2.18. The van der Waals surface area contributed by atoms with Crippen LogP contribution < -0.4 is 0 Å². The van der Waals surface area contributed by atoms with Gasteiger partial charge in [0.25, 0.3) is 0 Å². The van der Waals surface area contributed by atoms with Crippen molar-refractivity contribution in [2.24, 2.45) is 0 Å². The van der Waals surface area contributed by atoms with E-state index >= 15 is 0 Å². The lowest BCUT2D eigenvalue weighted by Gasteiger charge is -2.02. The number of hydrogen-bond donors (Lipinski definition) is 2. The second-order valence-electron chi connectivity index (χ2n) is 5.29. The minimum absolute atomic E-state index is 0.137. The lowest BCUT2D eigenvalue weighted by atomic mass is 10.1. The lowest BCUT2D eigenvalue weighted by Crippen LogP contribution is -1.99. The van der Waals surface area contributed by atoms with E-state index < -0.39 is 0 Å². The number of aromatic nitrogens is 2. The topological polar surface area (TPSA) is 58.3 Å². The molecule has 0 saturated carbocycles. The maximum Gasteiger partial charge on any atom is 0.158 e. The molecule has 0 bridgehead atoms. The third-order valence-electron chi connectivity index (χ3n) is 3.69. The first-order chi connectivity index (χ1) is 10.6. The van der Waals surface area contributed by atoms with Crippen LogP contribution in [0, 0.1) is 0 Å². The molecule has 3 aromatic rings. The normalized spacial score (nSPS) is 11.2. The number of rotatable bonds is 4. The average Bonchev–Trinajstić information content (AvgIpc) is 2.86. The average molecular weight is 317 g/mol. The summed E-state index contributed by atoms with van der Waals surface area (Å²) < 4.78 is 1.95. The van der Waals surface area contributed by atoms with E-state index in [4.69, 9.17) is 11.6 Å². The van der Waals surface area contributed by atoms with E-state index in [1.807, 2.05) is 22.9 Å². The van der Waals surface area contributed by atoms with Gasteiger partial charge in [0.1, 0.15) is 5.69 Å². The number of phenols is 2. The van der Waals surface area contributed by atoms with Crippen molar-refractivity contribution >= 4 is 22.5 Å². The summed E-state index contributed by atoms with van der Waals surface area (Å²) in [6, 6.07) is 10.4. The van der Waals surface area contributed by atoms with E-state index in [0.29, 0.717) is 5.02 Å². The van der Waals surface area contributed by atoms with Gasteiger partial charge in [-0.15, -0.1) is 0 Å². The Kier molecular flexibility index (Phi) is 3.94. The lowest BCUT2D eigenvalue weighted by molar-refractivity contribution is 0.404. The molecular formula is C17H17ClN2O2. The fraction of sp³-hybridized carbons (Fsp3) is 0.235. The fourth-order valence-electron chi connectivity index (χ4n) is 2.51. The molecule has 0 saturated heterocycles. The highest BCUT2D eigenvalue weighted by molar-refractivity contribution is 6.31. The number of benzene rings is 2. The summed E-state index contributed by atoms with van der Waals surface area (Å²) >= 11 is 6.11. The molecule has 2 N–H and O–H groups in total. The van der Waals surface area contributed by atoms with Crippen LogP contribution in [0.15, 0.2) is 36.4 Å².